The smallest absolute Gasteiger partial charge is 0.414 e. The summed E-state index contributed by atoms with van der Waals surface area (Å²) in [7, 11) is 4.44. The Kier molecular flexibility index (Phi) is 15.7. The van der Waals surface area contributed by atoms with Gasteiger partial charge in [-0.15, -0.1) is 0 Å². The Morgan fingerprint density at radius 2 is 1.10 bits per heavy atom. The van der Waals surface area contributed by atoms with Crippen LogP contribution in [0.4, 0.5) is 0 Å². The highest BCUT2D eigenvalue weighted by molar-refractivity contribution is 6.27. The van der Waals surface area contributed by atoms with Crippen LogP contribution in [-0.2, 0) is 22.7 Å². The van der Waals surface area contributed by atoms with Gasteiger partial charge in [-0.3, -0.25) is 9.80 Å². The molecule has 2 aromatic heterocycles. The summed E-state index contributed by atoms with van der Waals surface area (Å²) in [6.45, 7) is 17.8. The Morgan fingerprint density at radius 1 is 0.627 bits per heavy atom. The lowest BCUT2D eigenvalue weighted by Crippen LogP contribution is -2.48. The van der Waals surface area contributed by atoms with Crippen molar-refractivity contribution >= 4 is 23.0 Å². The number of carbonyl (C=O) groups is 2. The van der Waals surface area contributed by atoms with E-state index < -0.39 is 11.9 Å². The molecule has 314 valence electrons. The van der Waals surface area contributed by atoms with Gasteiger partial charge in [0.2, 0.25) is 0 Å². The maximum absolute atomic E-state index is 9.10. The molecule has 3 aromatic carbocycles. The number of likely N-dealkylation sites (N-methyl/N-ethyl adjacent to an activating group) is 2. The molecule has 0 radical (unpaired) electrons. The monoisotopic (exact) mass is 803 g/mol. The quantitative estimate of drug-likeness (QED) is 0.0823. The van der Waals surface area contributed by atoms with Gasteiger partial charge in [-0.05, 0) is 83.2 Å². The highest BCUT2D eigenvalue weighted by Crippen LogP contribution is 2.31. The van der Waals surface area contributed by atoms with Crippen LogP contribution in [0.25, 0.3) is 39.4 Å². The molecule has 0 saturated carbocycles. The van der Waals surface area contributed by atoms with E-state index >= 15 is 0 Å². The fourth-order valence-electron chi connectivity index (χ4n) is 7.69. The molecule has 13 heteroatoms. The van der Waals surface area contributed by atoms with Gasteiger partial charge in [-0.1, -0.05) is 66.7 Å². The van der Waals surface area contributed by atoms with E-state index in [4.69, 9.17) is 29.8 Å². The highest BCUT2D eigenvalue weighted by Gasteiger charge is 2.20. The van der Waals surface area contributed by atoms with Crippen LogP contribution in [0.15, 0.2) is 91.1 Å². The summed E-state index contributed by atoms with van der Waals surface area (Å²) in [5, 5.41) is 23.2. The molecule has 4 N–H and O–H groups in total. The van der Waals surface area contributed by atoms with E-state index in [0.717, 1.165) is 78.4 Å². The lowest BCUT2D eigenvalue weighted by atomic mass is 10.1. The topological polar surface area (TPSA) is 142 Å². The first-order chi connectivity index (χ1) is 28.5. The van der Waals surface area contributed by atoms with E-state index in [1.165, 1.54) is 63.5 Å². The number of aromatic nitrogens is 3. The van der Waals surface area contributed by atoms with Crippen molar-refractivity contribution in [3.8, 4) is 28.3 Å². The number of para-hydroxylation sites is 1. The Morgan fingerprint density at radius 3 is 1.58 bits per heavy atom. The molecule has 0 amide bonds. The van der Waals surface area contributed by atoms with Crippen LogP contribution in [0, 0.1) is 0 Å². The molecule has 0 spiro atoms. The Balaban J connectivity index is 0.000000908. The van der Waals surface area contributed by atoms with Crippen molar-refractivity contribution in [1.82, 2.24) is 44.8 Å². The van der Waals surface area contributed by atoms with Crippen molar-refractivity contribution in [2.75, 3.05) is 79.5 Å². The molecule has 5 aromatic rings. The standard InChI is InChI=1S/C44H59N9.C2H2O4/c1-34(51-28-24-49(3)25-29-51)18-21-45-32-36-10-14-38(15-11-36)42-41-20-23-53(40-8-6-5-7-9-40)44(41)48-43(47-42)39-16-12-37(13-17-39)33-46-22-19-35(2)52-30-26-50(4)27-31-52;3-1(4)2(5)6/h5-17,20,23,34-35,45-46H,18-19,21-22,24-33H2,1-4H3;(H,3,4)(H,5,6). The maximum Gasteiger partial charge on any atom is 0.414 e. The number of benzene rings is 3. The molecule has 2 atom stereocenters. The minimum Gasteiger partial charge on any atom is -0.473 e. The fourth-order valence-corrected chi connectivity index (χ4v) is 7.69. The summed E-state index contributed by atoms with van der Waals surface area (Å²) in [5.41, 5.74) is 7.64. The Labute approximate surface area is 348 Å². The molecular weight excluding hydrogens is 743 g/mol. The molecule has 4 heterocycles. The number of rotatable bonds is 15. The summed E-state index contributed by atoms with van der Waals surface area (Å²) in [6.07, 6.45) is 4.44. The predicted molar refractivity (Wildman–Crippen MR) is 235 cm³/mol. The van der Waals surface area contributed by atoms with Gasteiger partial charge in [0.25, 0.3) is 0 Å². The molecule has 2 saturated heterocycles. The summed E-state index contributed by atoms with van der Waals surface area (Å²) in [4.78, 5) is 38.7. The van der Waals surface area contributed by atoms with Crippen molar-refractivity contribution in [3.63, 3.8) is 0 Å². The summed E-state index contributed by atoms with van der Waals surface area (Å²) < 4.78 is 2.17. The Bertz CT molecular complexity index is 2060. The number of piperazine rings is 2. The van der Waals surface area contributed by atoms with Gasteiger partial charge in [0.1, 0.15) is 5.65 Å². The fraction of sp³-hybridized carbons (Fsp3) is 0.435. The van der Waals surface area contributed by atoms with Crippen molar-refractivity contribution in [1.29, 1.82) is 0 Å². The normalized spacial score (nSPS) is 16.7. The number of hydrogen-bond donors (Lipinski definition) is 4. The summed E-state index contributed by atoms with van der Waals surface area (Å²) in [6, 6.07) is 31.5. The average molecular weight is 804 g/mol. The predicted octanol–water partition coefficient (Wildman–Crippen LogP) is 5.14. The molecule has 7 rings (SSSR count). The van der Waals surface area contributed by atoms with Gasteiger partial charge in [-0.2, -0.15) is 0 Å². The van der Waals surface area contributed by atoms with Crippen LogP contribution in [0.2, 0.25) is 0 Å². The zero-order valence-electron chi connectivity index (χ0n) is 35.1. The Hall–Kier alpha value is -5.02. The minimum atomic E-state index is -1.82. The van der Waals surface area contributed by atoms with Gasteiger partial charge in [-0.25, -0.2) is 19.6 Å². The average Bonchev–Trinajstić information content (AvgIpc) is 3.69. The first-order valence-corrected chi connectivity index (χ1v) is 20.9. The number of nitrogens with one attached hydrogen (secondary N) is 2. The first-order valence-electron chi connectivity index (χ1n) is 20.9. The molecule has 0 bridgehead atoms. The van der Waals surface area contributed by atoms with E-state index in [-0.39, 0.29) is 0 Å². The van der Waals surface area contributed by atoms with Gasteiger partial charge >= 0.3 is 11.9 Å². The number of carboxylic acid groups (broad SMARTS) is 2. The van der Waals surface area contributed by atoms with Gasteiger partial charge in [0, 0.05) is 106 Å². The van der Waals surface area contributed by atoms with Crippen molar-refractivity contribution in [2.24, 2.45) is 0 Å². The lowest BCUT2D eigenvalue weighted by Gasteiger charge is -2.36. The molecule has 2 aliphatic rings. The largest absolute Gasteiger partial charge is 0.473 e. The van der Waals surface area contributed by atoms with Crippen molar-refractivity contribution in [3.05, 3.63) is 102 Å². The van der Waals surface area contributed by atoms with Gasteiger partial charge in [0.15, 0.2) is 5.82 Å². The van der Waals surface area contributed by atoms with Crippen LogP contribution in [-0.4, -0.2) is 148 Å². The van der Waals surface area contributed by atoms with Gasteiger partial charge in [0.05, 0.1) is 5.69 Å². The minimum absolute atomic E-state index is 0.605. The van der Waals surface area contributed by atoms with Crippen LogP contribution < -0.4 is 10.6 Å². The second-order valence-electron chi connectivity index (χ2n) is 16.0. The number of fused-ring (bicyclic) bond motifs is 1. The third kappa shape index (κ3) is 12.3. The van der Waals surface area contributed by atoms with Crippen molar-refractivity contribution in [2.45, 2.75) is 51.9 Å². The maximum atomic E-state index is 9.10. The number of aliphatic carboxylic acids is 2. The highest BCUT2D eigenvalue weighted by atomic mass is 16.4. The zero-order chi connectivity index (χ0) is 41.7. The molecule has 59 heavy (non-hydrogen) atoms. The lowest BCUT2D eigenvalue weighted by molar-refractivity contribution is -0.159. The van der Waals surface area contributed by atoms with Crippen molar-refractivity contribution < 1.29 is 19.8 Å². The van der Waals surface area contributed by atoms with Crippen LogP contribution in [0.3, 0.4) is 0 Å². The van der Waals surface area contributed by atoms with Crippen LogP contribution in [0.1, 0.15) is 37.8 Å². The number of carboxylic acids is 2. The molecule has 2 unspecified atom stereocenters. The second kappa shape index (κ2) is 21.3. The number of hydrogen-bond acceptors (Lipinski definition) is 10. The summed E-state index contributed by atoms with van der Waals surface area (Å²) in [5.74, 6) is -2.91. The first kappa shape index (κ1) is 43.6. The molecule has 0 aliphatic carbocycles. The summed E-state index contributed by atoms with van der Waals surface area (Å²) >= 11 is 0. The van der Waals surface area contributed by atoms with E-state index in [9.17, 15) is 0 Å². The van der Waals surface area contributed by atoms with Crippen LogP contribution >= 0.6 is 0 Å². The third-order valence-electron chi connectivity index (χ3n) is 11.7. The van der Waals surface area contributed by atoms with E-state index in [1.54, 1.807) is 0 Å². The van der Waals surface area contributed by atoms with Crippen LogP contribution in [0.5, 0.6) is 0 Å². The number of nitrogens with zero attached hydrogens (tertiary/aromatic N) is 7. The second-order valence-corrected chi connectivity index (χ2v) is 16.0. The van der Waals surface area contributed by atoms with E-state index in [0.29, 0.717) is 12.1 Å². The SMILES string of the molecule is CC(CCNCc1ccc(-c2nc(-c3ccc(CNCCC(C)N4CCN(C)CC4)cc3)c3ccn(-c4ccccc4)c3n2)cc1)N1CCN(C)CC1.O=C(O)C(=O)O. The third-order valence-corrected chi connectivity index (χ3v) is 11.7. The molecule has 13 nitrogen and oxygen atoms in total. The van der Waals surface area contributed by atoms with E-state index in [1.807, 2.05) is 0 Å². The zero-order valence-corrected chi connectivity index (χ0v) is 35.1. The van der Waals surface area contributed by atoms with E-state index in [2.05, 4.69) is 154 Å². The molecule has 2 fully saturated rings. The molecular formula is C46H61N9O4. The molecule has 2 aliphatic heterocycles. The van der Waals surface area contributed by atoms with Gasteiger partial charge < -0.3 is 35.2 Å².